The number of urea groups is 1. The predicted octanol–water partition coefficient (Wildman–Crippen LogP) is 3.55. The number of piperazine rings is 1. The summed E-state index contributed by atoms with van der Waals surface area (Å²) in [5.74, 6) is -0.396. The van der Waals surface area contributed by atoms with E-state index in [0.717, 1.165) is 38.2 Å². The van der Waals surface area contributed by atoms with Crippen LogP contribution in [0.15, 0.2) is 59.8 Å². The zero-order valence-electron chi connectivity index (χ0n) is 20.3. The fourth-order valence-corrected chi connectivity index (χ4v) is 4.53. The minimum atomic E-state index is -0.539. The third-order valence-electron chi connectivity index (χ3n) is 6.52. The molecular weight excluding hydrogens is 428 g/mol. The van der Waals surface area contributed by atoms with Crippen molar-refractivity contribution in [1.29, 1.82) is 0 Å². The van der Waals surface area contributed by atoms with E-state index in [9.17, 15) is 9.59 Å². The Morgan fingerprint density at radius 1 is 1.00 bits per heavy atom. The van der Waals surface area contributed by atoms with E-state index in [2.05, 4.69) is 58.5 Å². The van der Waals surface area contributed by atoms with Gasteiger partial charge in [0.1, 0.15) is 0 Å². The van der Waals surface area contributed by atoms with Crippen LogP contribution in [0.3, 0.4) is 0 Å². The molecule has 2 heterocycles. The first kappa shape index (κ1) is 23.8. The largest absolute Gasteiger partial charge is 0.463 e. The van der Waals surface area contributed by atoms with Crippen LogP contribution in [0.1, 0.15) is 36.6 Å². The molecule has 1 unspecified atom stereocenters. The maximum Gasteiger partial charge on any atom is 0.338 e. The van der Waals surface area contributed by atoms with Gasteiger partial charge < -0.3 is 20.3 Å². The van der Waals surface area contributed by atoms with Gasteiger partial charge in [-0.15, -0.1) is 0 Å². The maximum absolute atomic E-state index is 13.0. The Bertz CT molecular complexity index is 1040. The van der Waals surface area contributed by atoms with E-state index in [1.807, 2.05) is 24.3 Å². The Labute approximate surface area is 201 Å². The Balaban J connectivity index is 1.54. The molecule has 2 aromatic carbocycles. The molecule has 0 aliphatic carbocycles. The molecule has 2 aliphatic heterocycles. The van der Waals surface area contributed by atoms with E-state index in [-0.39, 0.29) is 12.6 Å². The summed E-state index contributed by atoms with van der Waals surface area (Å²) in [6.45, 7) is 10.2. The first-order valence-corrected chi connectivity index (χ1v) is 12.1. The molecule has 0 aromatic heterocycles. The van der Waals surface area contributed by atoms with Crippen LogP contribution in [0.25, 0.3) is 0 Å². The number of hydrogen-bond donors (Lipinski definition) is 2. The third-order valence-corrected chi connectivity index (χ3v) is 6.52. The maximum atomic E-state index is 13.0. The number of esters is 1. The van der Waals surface area contributed by atoms with Crippen molar-refractivity contribution in [3.05, 3.63) is 76.5 Å². The Kier molecular flexibility index (Phi) is 7.53. The Morgan fingerprint density at radius 2 is 1.68 bits per heavy atom. The third kappa shape index (κ3) is 5.42. The van der Waals surface area contributed by atoms with Crippen molar-refractivity contribution in [2.24, 2.45) is 0 Å². The molecule has 0 bridgehead atoms. The van der Waals surface area contributed by atoms with Crippen molar-refractivity contribution >= 4 is 17.7 Å². The number of nitrogens with zero attached hydrogens (tertiary/aromatic N) is 2. The summed E-state index contributed by atoms with van der Waals surface area (Å²) in [6.07, 6.45) is 0.930. The summed E-state index contributed by atoms with van der Waals surface area (Å²) in [5.41, 5.74) is 5.65. The molecule has 2 aromatic rings. The van der Waals surface area contributed by atoms with Gasteiger partial charge in [0.25, 0.3) is 0 Å². The first-order valence-electron chi connectivity index (χ1n) is 12.1. The van der Waals surface area contributed by atoms with Gasteiger partial charge >= 0.3 is 12.0 Å². The number of benzene rings is 2. The number of hydrogen-bond acceptors (Lipinski definition) is 5. The van der Waals surface area contributed by atoms with Gasteiger partial charge in [0, 0.05) is 44.1 Å². The first-order chi connectivity index (χ1) is 16.5. The van der Waals surface area contributed by atoms with Crippen LogP contribution < -0.4 is 15.5 Å². The summed E-state index contributed by atoms with van der Waals surface area (Å²) in [4.78, 5) is 30.3. The van der Waals surface area contributed by atoms with Gasteiger partial charge in [-0.3, -0.25) is 4.90 Å². The van der Waals surface area contributed by atoms with Crippen LogP contribution in [0.2, 0.25) is 0 Å². The summed E-state index contributed by atoms with van der Waals surface area (Å²) < 4.78 is 5.40. The highest BCUT2D eigenvalue weighted by Crippen LogP contribution is 2.29. The summed E-state index contributed by atoms with van der Waals surface area (Å²) in [5, 5.41) is 5.82. The number of rotatable bonds is 7. The minimum absolute atomic E-state index is 0.278. The lowest BCUT2D eigenvalue weighted by atomic mass is 9.94. The Hall–Kier alpha value is -3.32. The average Bonchev–Trinajstić information content (AvgIpc) is 2.85. The van der Waals surface area contributed by atoms with E-state index in [4.69, 9.17) is 4.74 Å². The molecule has 2 aliphatic rings. The topological polar surface area (TPSA) is 73.9 Å². The standard InChI is InChI=1S/C27H34N4O3/c1-4-20-8-10-21(11-9-20)25-24(26(32)34-5-2)23(28-27(33)29-25)18-30-14-16-31(17-15-30)22-12-6-19(3)7-13-22/h6-13,25H,4-5,14-18H2,1-3H3,(H2,28,29,33). The lowest BCUT2D eigenvalue weighted by Gasteiger charge is -2.38. The number of ether oxygens (including phenoxy) is 1. The van der Waals surface area contributed by atoms with Gasteiger partial charge in [0.2, 0.25) is 0 Å². The molecule has 1 fully saturated rings. The van der Waals surface area contributed by atoms with E-state index in [1.54, 1.807) is 6.92 Å². The number of nitrogens with one attached hydrogen (secondary N) is 2. The molecule has 180 valence electrons. The second-order valence-electron chi connectivity index (χ2n) is 8.84. The molecule has 0 spiro atoms. The highest BCUT2D eigenvalue weighted by Gasteiger charge is 2.34. The van der Waals surface area contributed by atoms with Gasteiger partial charge in [-0.2, -0.15) is 0 Å². The number of carbonyl (C=O) groups excluding carboxylic acids is 2. The molecule has 0 radical (unpaired) electrons. The van der Waals surface area contributed by atoms with Gasteiger partial charge in [-0.05, 0) is 43.5 Å². The SMILES string of the molecule is CCOC(=O)C1=C(CN2CCN(c3ccc(C)cc3)CC2)NC(=O)NC1c1ccc(CC)cc1. The summed E-state index contributed by atoms with van der Waals surface area (Å²) in [7, 11) is 0. The molecule has 1 saturated heterocycles. The highest BCUT2D eigenvalue weighted by molar-refractivity contribution is 5.95. The van der Waals surface area contributed by atoms with Crippen molar-refractivity contribution in [3.8, 4) is 0 Å². The number of aryl methyl sites for hydroxylation is 2. The fourth-order valence-electron chi connectivity index (χ4n) is 4.53. The highest BCUT2D eigenvalue weighted by atomic mass is 16.5. The molecule has 7 nitrogen and oxygen atoms in total. The van der Waals surface area contributed by atoms with Crippen molar-refractivity contribution in [2.45, 2.75) is 33.2 Å². The molecule has 1 atom stereocenters. The second kappa shape index (κ2) is 10.7. The van der Waals surface area contributed by atoms with E-state index >= 15 is 0 Å². The van der Waals surface area contributed by atoms with Gasteiger partial charge in [0.15, 0.2) is 0 Å². The van der Waals surface area contributed by atoms with Crippen LogP contribution in [0.4, 0.5) is 10.5 Å². The number of carbonyl (C=O) groups is 2. The van der Waals surface area contributed by atoms with Crippen molar-refractivity contribution in [1.82, 2.24) is 15.5 Å². The number of anilines is 1. The van der Waals surface area contributed by atoms with Crippen molar-refractivity contribution in [3.63, 3.8) is 0 Å². The lowest BCUT2D eigenvalue weighted by Crippen LogP contribution is -2.51. The molecule has 2 amide bonds. The zero-order valence-corrected chi connectivity index (χ0v) is 20.3. The molecule has 2 N–H and O–H groups in total. The molecule has 34 heavy (non-hydrogen) atoms. The lowest BCUT2D eigenvalue weighted by molar-refractivity contribution is -0.139. The average molecular weight is 463 g/mol. The van der Waals surface area contributed by atoms with E-state index < -0.39 is 12.0 Å². The number of amides is 2. The molecule has 7 heteroatoms. The van der Waals surface area contributed by atoms with Gasteiger partial charge in [-0.1, -0.05) is 48.9 Å². The fraction of sp³-hybridized carbons (Fsp3) is 0.407. The molecular formula is C27H34N4O3. The van der Waals surface area contributed by atoms with E-state index in [0.29, 0.717) is 17.8 Å². The van der Waals surface area contributed by atoms with Crippen LogP contribution in [-0.4, -0.2) is 56.2 Å². The summed E-state index contributed by atoms with van der Waals surface area (Å²) >= 11 is 0. The summed E-state index contributed by atoms with van der Waals surface area (Å²) in [6, 6.07) is 15.8. The Morgan fingerprint density at radius 3 is 2.29 bits per heavy atom. The van der Waals surface area contributed by atoms with Crippen LogP contribution in [0.5, 0.6) is 0 Å². The zero-order chi connectivity index (χ0) is 24.1. The normalized spacial score (nSPS) is 19.0. The molecule has 0 saturated carbocycles. The van der Waals surface area contributed by atoms with Crippen LogP contribution in [0, 0.1) is 6.92 Å². The van der Waals surface area contributed by atoms with Crippen LogP contribution in [-0.2, 0) is 16.0 Å². The molecule has 4 rings (SSSR count). The van der Waals surface area contributed by atoms with Crippen molar-refractivity contribution in [2.75, 3.05) is 44.2 Å². The smallest absolute Gasteiger partial charge is 0.338 e. The van der Waals surface area contributed by atoms with Gasteiger partial charge in [-0.25, -0.2) is 9.59 Å². The minimum Gasteiger partial charge on any atom is -0.463 e. The second-order valence-corrected chi connectivity index (χ2v) is 8.84. The van der Waals surface area contributed by atoms with Crippen LogP contribution >= 0.6 is 0 Å². The van der Waals surface area contributed by atoms with E-state index in [1.165, 1.54) is 16.8 Å². The quantitative estimate of drug-likeness (QED) is 0.616. The monoisotopic (exact) mass is 462 g/mol. The van der Waals surface area contributed by atoms with Crippen molar-refractivity contribution < 1.29 is 14.3 Å². The van der Waals surface area contributed by atoms with Gasteiger partial charge in [0.05, 0.1) is 18.2 Å². The predicted molar refractivity (Wildman–Crippen MR) is 134 cm³/mol.